The van der Waals surface area contributed by atoms with Crippen molar-refractivity contribution < 1.29 is 14.5 Å². The first-order valence-corrected chi connectivity index (χ1v) is 12.2. The van der Waals surface area contributed by atoms with E-state index >= 15 is 0 Å². The van der Waals surface area contributed by atoms with E-state index in [9.17, 15) is 14.9 Å². The molecule has 2 aromatic carbocycles. The summed E-state index contributed by atoms with van der Waals surface area (Å²) in [5.41, 5.74) is 3.72. The Balaban J connectivity index is 1.26. The van der Waals surface area contributed by atoms with E-state index in [0.29, 0.717) is 29.2 Å². The van der Waals surface area contributed by atoms with Gasteiger partial charge in [-0.1, -0.05) is 12.1 Å². The van der Waals surface area contributed by atoms with Gasteiger partial charge >= 0.3 is 5.97 Å². The van der Waals surface area contributed by atoms with Gasteiger partial charge in [0, 0.05) is 38.3 Å². The third kappa shape index (κ3) is 5.97. The lowest BCUT2D eigenvalue weighted by Crippen LogP contribution is -2.25. The molecule has 12 heteroatoms. The van der Waals surface area contributed by atoms with Crippen LogP contribution in [0.1, 0.15) is 41.6 Å². The molecule has 2 aliphatic heterocycles. The molecule has 3 heterocycles. The summed E-state index contributed by atoms with van der Waals surface area (Å²) in [4.78, 5) is 40.9. The predicted molar refractivity (Wildman–Crippen MR) is 138 cm³/mol. The number of hydrazone groups is 1. The zero-order valence-electron chi connectivity index (χ0n) is 20.1. The van der Waals surface area contributed by atoms with Crippen molar-refractivity contribution >= 4 is 35.7 Å². The number of aromatic nitrogens is 3. The number of carbonyl (C=O) groups excluding carboxylic acids is 1. The second kappa shape index (κ2) is 11.0. The van der Waals surface area contributed by atoms with Crippen LogP contribution in [0.25, 0.3) is 0 Å². The zero-order valence-corrected chi connectivity index (χ0v) is 20.1. The monoisotopic (exact) mass is 502 g/mol. The SMILES string of the molecule is O=C(Oc1cccc(/C=N\Nc2nc(N3CCCC3)nc(N3CCCC3)n2)c1)c1ccc([N+](=O)[O-])cc1. The fourth-order valence-electron chi connectivity index (χ4n) is 4.23. The summed E-state index contributed by atoms with van der Waals surface area (Å²) < 4.78 is 5.42. The Kier molecular flexibility index (Phi) is 7.15. The Labute approximate surface area is 213 Å². The van der Waals surface area contributed by atoms with Gasteiger partial charge in [0.15, 0.2) is 0 Å². The van der Waals surface area contributed by atoms with Crippen LogP contribution in [0.4, 0.5) is 23.5 Å². The maximum Gasteiger partial charge on any atom is 0.343 e. The van der Waals surface area contributed by atoms with Gasteiger partial charge in [0.05, 0.1) is 16.7 Å². The van der Waals surface area contributed by atoms with Gasteiger partial charge in [-0.05, 0) is 55.5 Å². The average molecular weight is 503 g/mol. The van der Waals surface area contributed by atoms with Crippen LogP contribution in [0.15, 0.2) is 53.6 Å². The van der Waals surface area contributed by atoms with Crippen molar-refractivity contribution in [3.05, 3.63) is 69.8 Å². The molecule has 0 aliphatic carbocycles. The fourth-order valence-corrected chi connectivity index (χ4v) is 4.23. The van der Waals surface area contributed by atoms with Crippen molar-refractivity contribution in [1.29, 1.82) is 0 Å². The number of hydrogen-bond acceptors (Lipinski definition) is 11. The van der Waals surface area contributed by atoms with Crippen LogP contribution in [-0.4, -0.2) is 58.2 Å². The molecule has 2 aliphatic rings. The van der Waals surface area contributed by atoms with Gasteiger partial charge in [0.1, 0.15) is 5.75 Å². The smallest absolute Gasteiger partial charge is 0.343 e. The van der Waals surface area contributed by atoms with Crippen LogP contribution >= 0.6 is 0 Å². The molecule has 12 nitrogen and oxygen atoms in total. The molecule has 37 heavy (non-hydrogen) atoms. The maximum atomic E-state index is 12.4. The molecule has 0 atom stereocenters. The van der Waals surface area contributed by atoms with Crippen molar-refractivity contribution in [1.82, 2.24) is 15.0 Å². The number of hydrogen-bond donors (Lipinski definition) is 1. The number of rotatable bonds is 8. The largest absolute Gasteiger partial charge is 0.423 e. The molecule has 0 unspecified atom stereocenters. The van der Waals surface area contributed by atoms with Crippen LogP contribution in [0.5, 0.6) is 5.75 Å². The van der Waals surface area contributed by atoms with Crippen molar-refractivity contribution in [2.45, 2.75) is 25.7 Å². The van der Waals surface area contributed by atoms with Crippen molar-refractivity contribution in [2.24, 2.45) is 5.10 Å². The van der Waals surface area contributed by atoms with Gasteiger partial charge in [0.2, 0.25) is 17.8 Å². The van der Waals surface area contributed by atoms with Crippen molar-refractivity contribution in [3.8, 4) is 5.75 Å². The van der Waals surface area contributed by atoms with E-state index in [0.717, 1.165) is 51.9 Å². The fraction of sp³-hybridized carbons (Fsp3) is 0.320. The molecule has 2 fully saturated rings. The predicted octanol–water partition coefficient (Wildman–Crippen LogP) is 3.65. The topological polar surface area (TPSA) is 139 Å². The number of nitro groups is 1. The maximum absolute atomic E-state index is 12.4. The summed E-state index contributed by atoms with van der Waals surface area (Å²) in [7, 11) is 0. The molecular weight excluding hydrogens is 476 g/mol. The third-order valence-corrected chi connectivity index (χ3v) is 6.15. The Morgan fingerprint density at radius 3 is 2.16 bits per heavy atom. The Bertz CT molecular complexity index is 1270. The summed E-state index contributed by atoms with van der Waals surface area (Å²) in [6.07, 6.45) is 6.07. The minimum atomic E-state index is -0.615. The Morgan fingerprint density at radius 2 is 1.57 bits per heavy atom. The van der Waals surface area contributed by atoms with Crippen LogP contribution in [0.2, 0.25) is 0 Å². The van der Waals surface area contributed by atoms with Gasteiger partial charge in [-0.15, -0.1) is 0 Å². The third-order valence-electron chi connectivity index (χ3n) is 6.15. The molecule has 1 aromatic heterocycles. The summed E-state index contributed by atoms with van der Waals surface area (Å²) in [5, 5.41) is 15.1. The summed E-state index contributed by atoms with van der Waals surface area (Å²) in [6.45, 7) is 3.71. The Hall–Kier alpha value is -4.61. The number of nitrogens with one attached hydrogen (secondary N) is 1. The number of nitrogens with zero attached hydrogens (tertiary/aromatic N) is 7. The standard InChI is InChI=1S/C25H26N8O4/c34-22(19-8-10-20(11-9-19)33(35)36)37-21-7-5-6-18(16-21)17-26-30-23-27-24(31-12-1-2-13-31)29-25(28-23)32-14-3-4-15-32/h5-11,16-17H,1-4,12-15H2,(H,27,28,29,30)/b26-17-. The van der Waals surface area contributed by atoms with Gasteiger partial charge < -0.3 is 14.5 Å². The Morgan fingerprint density at radius 1 is 0.946 bits per heavy atom. The normalized spacial score (nSPS) is 15.4. The van der Waals surface area contributed by atoms with Crippen molar-refractivity contribution in [2.75, 3.05) is 41.4 Å². The van der Waals surface area contributed by atoms with Crippen molar-refractivity contribution in [3.63, 3.8) is 0 Å². The molecule has 0 bridgehead atoms. The number of non-ortho nitro benzene ring substituents is 1. The number of ether oxygens (including phenoxy) is 1. The van der Waals surface area contributed by atoms with E-state index in [1.165, 1.54) is 24.3 Å². The molecule has 0 spiro atoms. The molecule has 0 amide bonds. The van der Waals surface area contributed by atoms with Crippen LogP contribution in [-0.2, 0) is 0 Å². The summed E-state index contributed by atoms with van der Waals surface area (Å²) in [5.74, 6) is 1.39. The lowest BCUT2D eigenvalue weighted by atomic mass is 10.2. The van der Waals surface area contributed by atoms with E-state index in [2.05, 4.69) is 30.3 Å². The number of carbonyl (C=O) groups is 1. The van der Waals surface area contributed by atoms with Crippen LogP contribution < -0.4 is 20.0 Å². The van der Waals surface area contributed by atoms with Gasteiger partial charge in [-0.3, -0.25) is 10.1 Å². The van der Waals surface area contributed by atoms with E-state index < -0.39 is 10.9 Å². The molecule has 0 saturated carbocycles. The van der Waals surface area contributed by atoms with E-state index in [4.69, 9.17) is 9.72 Å². The van der Waals surface area contributed by atoms with Gasteiger partial charge in [0.25, 0.3) is 5.69 Å². The highest BCUT2D eigenvalue weighted by Crippen LogP contribution is 2.23. The molecule has 1 N–H and O–H groups in total. The van der Waals surface area contributed by atoms with Gasteiger partial charge in [-0.25, -0.2) is 10.2 Å². The van der Waals surface area contributed by atoms with E-state index in [1.807, 2.05) is 6.07 Å². The lowest BCUT2D eigenvalue weighted by molar-refractivity contribution is -0.384. The summed E-state index contributed by atoms with van der Waals surface area (Å²) in [6, 6.07) is 12.1. The molecular formula is C25H26N8O4. The summed E-state index contributed by atoms with van der Waals surface area (Å²) >= 11 is 0. The van der Waals surface area contributed by atoms with E-state index in [1.54, 1.807) is 24.4 Å². The molecule has 190 valence electrons. The molecule has 5 rings (SSSR count). The van der Waals surface area contributed by atoms with Crippen LogP contribution in [0.3, 0.4) is 0 Å². The first kappa shape index (κ1) is 24.1. The highest BCUT2D eigenvalue weighted by atomic mass is 16.6. The quantitative estimate of drug-likeness (QED) is 0.160. The van der Waals surface area contributed by atoms with Crippen LogP contribution in [0, 0.1) is 10.1 Å². The number of esters is 1. The van der Waals surface area contributed by atoms with E-state index in [-0.39, 0.29) is 11.3 Å². The first-order chi connectivity index (χ1) is 18.0. The highest BCUT2D eigenvalue weighted by molar-refractivity contribution is 5.91. The lowest BCUT2D eigenvalue weighted by Gasteiger charge is -2.20. The average Bonchev–Trinajstić information content (AvgIpc) is 3.64. The minimum Gasteiger partial charge on any atom is -0.423 e. The second-order valence-electron chi connectivity index (χ2n) is 8.78. The van der Waals surface area contributed by atoms with Gasteiger partial charge in [-0.2, -0.15) is 20.1 Å². The minimum absolute atomic E-state index is 0.0967. The second-order valence-corrected chi connectivity index (χ2v) is 8.78. The number of nitro benzene ring substituents is 1. The molecule has 3 aromatic rings. The molecule has 0 radical (unpaired) electrons. The zero-order chi connectivity index (χ0) is 25.6. The number of benzene rings is 2. The first-order valence-electron chi connectivity index (χ1n) is 12.2. The molecule has 2 saturated heterocycles. The number of anilines is 3. The highest BCUT2D eigenvalue weighted by Gasteiger charge is 2.21.